The van der Waals surface area contributed by atoms with Gasteiger partial charge in [0.1, 0.15) is 0 Å². The Balaban J connectivity index is 0.000000251. The second kappa shape index (κ2) is 16.8. The molecule has 0 aromatic heterocycles. The summed E-state index contributed by atoms with van der Waals surface area (Å²) in [7, 11) is -1.13. The van der Waals surface area contributed by atoms with Crippen molar-refractivity contribution < 1.29 is 37.3 Å². The molecule has 0 aliphatic rings. The predicted molar refractivity (Wildman–Crippen MR) is 188 cm³/mol. The summed E-state index contributed by atoms with van der Waals surface area (Å²) in [5, 5.41) is 21.5. The van der Waals surface area contributed by atoms with Crippen LogP contribution < -0.4 is 0 Å². The standard InChI is InChI=1S/C15H12INO6S.C15H12INO4S/c1-23-15(18)11-5-6-14(13(16)8-11)24(21,22)9-10-3-2-4-12(7-10)17(19)20;1-21-15(18)11-5-6-14(13(16)8-11)22-9-10-3-2-4-12(7-10)17(19)20/h2-8H,9H2,1H3;2-8H,9H2,1H3. The Labute approximate surface area is 295 Å². The molecule has 0 radical (unpaired) electrons. The van der Waals surface area contributed by atoms with Crippen LogP contribution in [0.5, 0.6) is 0 Å². The van der Waals surface area contributed by atoms with Crippen LogP contribution in [0.2, 0.25) is 0 Å². The second-order valence-electron chi connectivity index (χ2n) is 9.18. The molecular formula is C30H24I2N2O10S2. The molecule has 0 unspecified atom stereocenters. The van der Waals surface area contributed by atoms with Crippen molar-refractivity contribution in [2.24, 2.45) is 0 Å². The van der Waals surface area contributed by atoms with E-state index in [1.165, 1.54) is 62.8 Å². The first kappa shape index (κ1) is 36.8. The molecule has 0 saturated carbocycles. The number of methoxy groups -OCH3 is 2. The van der Waals surface area contributed by atoms with Gasteiger partial charge < -0.3 is 9.47 Å². The maximum absolute atomic E-state index is 12.6. The molecule has 0 amide bonds. The van der Waals surface area contributed by atoms with Crippen LogP contribution in [0.4, 0.5) is 11.4 Å². The van der Waals surface area contributed by atoms with Crippen molar-refractivity contribution >= 4 is 90.1 Å². The molecule has 12 nitrogen and oxygen atoms in total. The van der Waals surface area contributed by atoms with Crippen molar-refractivity contribution in [3.8, 4) is 0 Å². The topological polar surface area (TPSA) is 173 Å². The molecule has 0 N–H and O–H groups in total. The Morgan fingerprint density at radius 1 is 0.739 bits per heavy atom. The fourth-order valence-corrected chi connectivity index (χ4v) is 8.61. The quantitative estimate of drug-likeness (QED) is 0.0517. The third-order valence-electron chi connectivity index (χ3n) is 6.03. The zero-order valence-corrected chi connectivity index (χ0v) is 30.0. The normalized spacial score (nSPS) is 10.7. The van der Waals surface area contributed by atoms with Gasteiger partial charge in [0.25, 0.3) is 11.4 Å². The minimum Gasteiger partial charge on any atom is -0.465 e. The summed E-state index contributed by atoms with van der Waals surface area (Å²) in [6, 6.07) is 21.5. The number of carbonyl (C=O) groups excluding carboxylic acids is 2. The summed E-state index contributed by atoms with van der Waals surface area (Å²) in [5.74, 6) is -0.680. The number of benzene rings is 4. The molecule has 4 aromatic carbocycles. The number of halogens is 2. The third-order valence-corrected chi connectivity index (χ3v) is 11.4. The molecule has 0 bridgehead atoms. The third kappa shape index (κ3) is 10.2. The van der Waals surface area contributed by atoms with E-state index in [1.807, 2.05) is 34.7 Å². The van der Waals surface area contributed by atoms with E-state index < -0.39 is 25.7 Å². The van der Waals surface area contributed by atoms with Gasteiger partial charge in [0, 0.05) is 42.1 Å². The number of ether oxygens (including phenoxy) is 2. The van der Waals surface area contributed by atoms with Crippen molar-refractivity contribution in [2.75, 3.05) is 14.2 Å². The number of thioether (sulfide) groups is 1. The van der Waals surface area contributed by atoms with Crippen LogP contribution in [0.25, 0.3) is 0 Å². The molecule has 0 atom stereocenters. The summed E-state index contributed by atoms with van der Waals surface area (Å²) in [5.41, 5.74) is 1.87. The van der Waals surface area contributed by atoms with Crippen LogP contribution in [-0.2, 0) is 30.8 Å². The highest BCUT2D eigenvalue weighted by molar-refractivity contribution is 14.1. The lowest BCUT2D eigenvalue weighted by Gasteiger charge is -2.08. The number of hydrogen-bond donors (Lipinski definition) is 0. The first-order valence-corrected chi connectivity index (χ1v) is 17.6. The lowest BCUT2D eigenvalue weighted by Crippen LogP contribution is -2.09. The molecule has 4 rings (SSSR count). The molecule has 0 heterocycles. The number of sulfone groups is 1. The summed E-state index contributed by atoms with van der Waals surface area (Å²) in [4.78, 5) is 44.6. The number of non-ortho nitro benzene ring substituents is 2. The Morgan fingerprint density at radius 3 is 1.74 bits per heavy atom. The molecular weight excluding hydrogens is 866 g/mol. The number of hydrogen-bond acceptors (Lipinski definition) is 11. The first-order chi connectivity index (χ1) is 21.7. The van der Waals surface area contributed by atoms with E-state index >= 15 is 0 Å². The minimum atomic E-state index is -3.72. The average Bonchev–Trinajstić information content (AvgIpc) is 3.03. The van der Waals surface area contributed by atoms with Crippen molar-refractivity contribution in [3.05, 3.63) is 135 Å². The zero-order valence-electron chi connectivity index (χ0n) is 24.0. The fraction of sp³-hybridized carbons (Fsp3) is 0.133. The fourth-order valence-electron chi connectivity index (χ4n) is 3.84. The van der Waals surface area contributed by atoms with Gasteiger partial charge >= 0.3 is 11.9 Å². The number of esters is 2. The summed E-state index contributed by atoms with van der Waals surface area (Å²) in [6.45, 7) is 0. The van der Waals surface area contributed by atoms with Crippen LogP contribution >= 0.6 is 56.9 Å². The average molecular weight is 890 g/mol. The van der Waals surface area contributed by atoms with E-state index in [9.17, 15) is 38.2 Å². The monoisotopic (exact) mass is 890 g/mol. The Morgan fingerprint density at radius 2 is 1.24 bits per heavy atom. The van der Waals surface area contributed by atoms with Gasteiger partial charge in [0.15, 0.2) is 9.84 Å². The number of rotatable bonds is 10. The predicted octanol–water partition coefficient (Wildman–Crippen LogP) is 7.24. The number of carbonyl (C=O) groups is 2. The van der Waals surface area contributed by atoms with E-state index in [-0.39, 0.29) is 33.6 Å². The maximum Gasteiger partial charge on any atom is 0.337 e. The second-order valence-corrected chi connectivity index (χ2v) is 14.5. The molecule has 0 saturated heterocycles. The molecule has 0 aliphatic heterocycles. The highest BCUT2D eigenvalue weighted by Crippen LogP contribution is 2.30. The van der Waals surface area contributed by atoms with Gasteiger partial charge in [0.05, 0.1) is 45.8 Å². The van der Waals surface area contributed by atoms with E-state index in [0.29, 0.717) is 20.4 Å². The van der Waals surface area contributed by atoms with Crippen LogP contribution in [0, 0.1) is 27.4 Å². The van der Waals surface area contributed by atoms with E-state index in [1.54, 1.807) is 36.0 Å². The zero-order chi connectivity index (χ0) is 34.0. The van der Waals surface area contributed by atoms with E-state index in [2.05, 4.69) is 32.1 Å². The Bertz CT molecular complexity index is 1900. The van der Waals surface area contributed by atoms with Crippen molar-refractivity contribution in [3.63, 3.8) is 0 Å². The molecule has 0 fully saturated rings. The summed E-state index contributed by atoms with van der Waals surface area (Å²) < 4.78 is 35.7. The molecule has 16 heteroatoms. The van der Waals surface area contributed by atoms with Gasteiger partial charge in [-0.2, -0.15) is 0 Å². The van der Waals surface area contributed by atoms with E-state index in [4.69, 9.17) is 0 Å². The van der Waals surface area contributed by atoms with Crippen molar-refractivity contribution in [2.45, 2.75) is 21.3 Å². The smallest absolute Gasteiger partial charge is 0.337 e. The van der Waals surface area contributed by atoms with Gasteiger partial charge in [-0.1, -0.05) is 24.3 Å². The summed E-state index contributed by atoms with van der Waals surface area (Å²) in [6.07, 6.45) is 0. The van der Waals surface area contributed by atoms with Gasteiger partial charge in [-0.25, -0.2) is 18.0 Å². The number of nitro groups is 2. The molecule has 0 aliphatic carbocycles. The first-order valence-electron chi connectivity index (χ1n) is 12.8. The van der Waals surface area contributed by atoms with Crippen LogP contribution in [0.3, 0.4) is 0 Å². The summed E-state index contributed by atoms with van der Waals surface area (Å²) >= 11 is 5.55. The van der Waals surface area contributed by atoms with Gasteiger partial charge in [-0.3, -0.25) is 20.2 Å². The maximum atomic E-state index is 12.6. The van der Waals surface area contributed by atoms with Gasteiger partial charge in [-0.15, -0.1) is 11.8 Å². The lowest BCUT2D eigenvalue weighted by atomic mass is 10.2. The molecule has 46 heavy (non-hydrogen) atoms. The van der Waals surface area contributed by atoms with Crippen LogP contribution in [0.15, 0.2) is 94.7 Å². The van der Waals surface area contributed by atoms with E-state index in [0.717, 1.165) is 14.0 Å². The highest BCUT2D eigenvalue weighted by Gasteiger charge is 2.21. The van der Waals surface area contributed by atoms with Gasteiger partial charge in [0.2, 0.25) is 0 Å². The number of nitrogens with zero attached hydrogens (tertiary/aromatic N) is 2. The van der Waals surface area contributed by atoms with Gasteiger partial charge in [-0.05, 0) is 92.7 Å². The lowest BCUT2D eigenvalue weighted by molar-refractivity contribution is -0.385. The molecule has 4 aromatic rings. The van der Waals surface area contributed by atoms with Crippen LogP contribution in [-0.4, -0.2) is 44.4 Å². The number of nitro benzene ring substituents is 2. The molecule has 0 spiro atoms. The Kier molecular flexibility index (Phi) is 13.5. The van der Waals surface area contributed by atoms with Crippen molar-refractivity contribution in [1.29, 1.82) is 0 Å². The van der Waals surface area contributed by atoms with Crippen molar-refractivity contribution in [1.82, 2.24) is 0 Å². The SMILES string of the molecule is COC(=O)c1ccc(S(=O)(=O)Cc2cccc([N+](=O)[O-])c2)c(I)c1.COC(=O)c1ccc(SCc2cccc([N+](=O)[O-])c2)c(I)c1. The minimum absolute atomic E-state index is 0.0576. The largest absolute Gasteiger partial charge is 0.465 e. The molecule has 240 valence electrons. The Hall–Kier alpha value is -3.62. The highest BCUT2D eigenvalue weighted by atomic mass is 127. The van der Waals surface area contributed by atoms with Crippen LogP contribution in [0.1, 0.15) is 31.8 Å².